The molecular formula is C18H15N3O4. The van der Waals surface area contributed by atoms with E-state index in [1.54, 1.807) is 36.4 Å². The van der Waals surface area contributed by atoms with Crippen LogP contribution in [0.2, 0.25) is 0 Å². The molecule has 0 saturated heterocycles. The van der Waals surface area contributed by atoms with Crippen molar-refractivity contribution in [2.45, 2.75) is 13.5 Å². The average molecular weight is 337 g/mol. The first kappa shape index (κ1) is 16.4. The molecule has 2 aromatic heterocycles. The number of nitrogens with zero attached hydrogens (tertiary/aromatic N) is 2. The van der Waals surface area contributed by atoms with Crippen molar-refractivity contribution >= 4 is 17.4 Å². The monoisotopic (exact) mass is 337 g/mol. The highest BCUT2D eigenvalue weighted by atomic mass is 16.3. The molecule has 0 aliphatic carbocycles. The number of hydrogen-bond acceptors (Lipinski definition) is 5. The molecule has 0 aliphatic rings. The van der Waals surface area contributed by atoms with Gasteiger partial charge < -0.3 is 9.73 Å². The van der Waals surface area contributed by atoms with E-state index >= 15 is 0 Å². The van der Waals surface area contributed by atoms with Crippen molar-refractivity contribution in [3.05, 3.63) is 71.0 Å². The van der Waals surface area contributed by atoms with Gasteiger partial charge in [-0.15, -0.1) is 0 Å². The molecule has 2 heterocycles. The number of carbonyl (C=O) groups is 2. The van der Waals surface area contributed by atoms with E-state index in [1.807, 2.05) is 0 Å². The van der Waals surface area contributed by atoms with Crippen molar-refractivity contribution in [3.8, 4) is 11.5 Å². The van der Waals surface area contributed by atoms with E-state index in [0.29, 0.717) is 22.7 Å². The molecule has 0 bridgehead atoms. The zero-order chi connectivity index (χ0) is 17.8. The van der Waals surface area contributed by atoms with E-state index in [0.717, 1.165) is 0 Å². The first-order valence-electron chi connectivity index (χ1n) is 7.54. The summed E-state index contributed by atoms with van der Waals surface area (Å²) in [5.41, 5.74) is 1.16. The lowest BCUT2D eigenvalue weighted by Gasteiger charge is -2.08. The fourth-order valence-corrected chi connectivity index (χ4v) is 2.25. The topological polar surface area (TPSA) is 94.2 Å². The predicted molar refractivity (Wildman–Crippen MR) is 91.3 cm³/mol. The number of aromatic nitrogens is 2. The molecule has 0 radical (unpaired) electrons. The fourth-order valence-electron chi connectivity index (χ4n) is 2.25. The number of Topliss-reactive ketones (excluding diaryl/α,β-unsaturated/α-hetero) is 1. The summed E-state index contributed by atoms with van der Waals surface area (Å²) in [5, 5.41) is 2.67. The quantitative estimate of drug-likeness (QED) is 0.721. The van der Waals surface area contributed by atoms with Crippen LogP contribution in [-0.4, -0.2) is 21.2 Å². The lowest BCUT2D eigenvalue weighted by molar-refractivity contribution is -0.116. The molecule has 0 fully saturated rings. The summed E-state index contributed by atoms with van der Waals surface area (Å²) in [5.74, 6) is 0.0663. The maximum Gasteiger partial charge on any atom is 0.254 e. The van der Waals surface area contributed by atoms with Crippen LogP contribution in [0.15, 0.2) is 64.3 Å². The number of anilines is 1. The summed E-state index contributed by atoms with van der Waals surface area (Å²) in [6.45, 7) is 1.30. The van der Waals surface area contributed by atoms with Crippen LogP contribution in [0.3, 0.4) is 0 Å². The van der Waals surface area contributed by atoms with Gasteiger partial charge in [-0.1, -0.05) is 0 Å². The van der Waals surface area contributed by atoms with E-state index in [1.165, 1.54) is 30.1 Å². The molecule has 1 aromatic carbocycles. The Morgan fingerprint density at radius 2 is 1.96 bits per heavy atom. The summed E-state index contributed by atoms with van der Waals surface area (Å²) >= 11 is 0. The van der Waals surface area contributed by atoms with Gasteiger partial charge in [0.05, 0.1) is 12.6 Å². The highest BCUT2D eigenvalue weighted by molar-refractivity contribution is 5.95. The lowest BCUT2D eigenvalue weighted by Crippen LogP contribution is -2.27. The predicted octanol–water partition coefficient (Wildman–Crippen LogP) is 2.34. The van der Waals surface area contributed by atoms with Gasteiger partial charge in [-0.2, -0.15) is 0 Å². The molecule has 0 saturated carbocycles. The van der Waals surface area contributed by atoms with Crippen LogP contribution in [-0.2, 0) is 11.3 Å². The van der Waals surface area contributed by atoms with E-state index in [9.17, 15) is 14.4 Å². The van der Waals surface area contributed by atoms with Gasteiger partial charge in [0, 0.05) is 17.3 Å². The van der Waals surface area contributed by atoms with E-state index in [-0.39, 0.29) is 23.8 Å². The maximum absolute atomic E-state index is 12.1. The largest absolute Gasteiger partial charge is 0.463 e. The fraction of sp³-hybridized carbons (Fsp3) is 0.111. The van der Waals surface area contributed by atoms with Crippen LogP contribution >= 0.6 is 0 Å². The molecule has 0 spiro atoms. The third kappa shape index (κ3) is 3.89. The molecule has 126 valence electrons. The Bertz CT molecular complexity index is 957. The van der Waals surface area contributed by atoms with Gasteiger partial charge in [0.15, 0.2) is 11.5 Å². The number of ketones is 1. The molecule has 3 aromatic rings. The van der Waals surface area contributed by atoms with Crippen molar-refractivity contribution in [2.75, 3.05) is 5.32 Å². The molecular weight excluding hydrogens is 322 g/mol. The number of carbonyl (C=O) groups excluding carboxylic acids is 2. The molecule has 0 aliphatic heterocycles. The summed E-state index contributed by atoms with van der Waals surface area (Å²) in [4.78, 5) is 39.5. The minimum Gasteiger partial charge on any atom is -0.463 e. The number of hydrogen-bond donors (Lipinski definition) is 1. The highest BCUT2D eigenvalue weighted by Crippen LogP contribution is 2.14. The molecule has 7 nitrogen and oxygen atoms in total. The zero-order valence-corrected chi connectivity index (χ0v) is 13.4. The second-order valence-corrected chi connectivity index (χ2v) is 5.40. The van der Waals surface area contributed by atoms with Gasteiger partial charge in [-0.05, 0) is 43.3 Å². The van der Waals surface area contributed by atoms with E-state index in [4.69, 9.17) is 4.42 Å². The minimum absolute atomic E-state index is 0.0489. The second kappa shape index (κ2) is 6.96. The Morgan fingerprint density at radius 3 is 2.56 bits per heavy atom. The summed E-state index contributed by atoms with van der Waals surface area (Å²) in [6, 6.07) is 11.2. The Labute approximate surface area is 142 Å². The highest BCUT2D eigenvalue weighted by Gasteiger charge is 2.09. The van der Waals surface area contributed by atoms with E-state index < -0.39 is 0 Å². The van der Waals surface area contributed by atoms with Crippen LogP contribution in [0.5, 0.6) is 0 Å². The summed E-state index contributed by atoms with van der Waals surface area (Å²) < 4.78 is 6.39. The molecule has 25 heavy (non-hydrogen) atoms. The van der Waals surface area contributed by atoms with Crippen LogP contribution in [0.1, 0.15) is 17.3 Å². The first-order chi connectivity index (χ1) is 12.0. The summed E-state index contributed by atoms with van der Waals surface area (Å²) in [6.07, 6.45) is 2.80. The normalized spacial score (nSPS) is 10.4. The Balaban J connectivity index is 1.68. The van der Waals surface area contributed by atoms with Crippen molar-refractivity contribution in [1.82, 2.24) is 9.55 Å². The van der Waals surface area contributed by atoms with Crippen molar-refractivity contribution < 1.29 is 14.0 Å². The standard InChI is InChI=1S/C18H15N3O4/c1-12(22)13-4-6-14(7-5-13)20-17(23)10-21-11-19-15(9-18(21)24)16-3-2-8-25-16/h2-9,11H,10H2,1H3,(H,20,23). The smallest absolute Gasteiger partial charge is 0.254 e. The van der Waals surface area contributed by atoms with Crippen LogP contribution < -0.4 is 10.9 Å². The number of furan rings is 1. The molecule has 0 atom stereocenters. The molecule has 3 rings (SSSR count). The molecule has 1 amide bonds. The summed E-state index contributed by atoms with van der Waals surface area (Å²) in [7, 11) is 0. The second-order valence-electron chi connectivity index (χ2n) is 5.40. The van der Waals surface area contributed by atoms with Crippen LogP contribution in [0.4, 0.5) is 5.69 Å². The number of rotatable bonds is 5. The van der Waals surface area contributed by atoms with Gasteiger partial charge in [-0.25, -0.2) is 4.98 Å². The SMILES string of the molecule is CC(=O)c1ccc(NC(=O)Cn2cnc(-c3ccco3)cc2=O)cc1. The Hall–Kier alpha value is -3.48. The third-order valence-corrected chi connectivity index (χ3v) is 3.54. The molecule has 7 heteroatoms. The molecule has 0 unspecified atom stereocenters. The van der Waals surface area contributed by atoms with Gasteiger partial charge in [-0.3, -0.25) is 19.0 Å². The van der Waals surface area contributed by atoms with Gasteiger partial charge >= 0.3 is 0 Å². The number of benzene rings is 1. The van der Waals surface area contributed by atoms with Crippen LogP contribution in [0, 0.1) is 0 Å². The van der Waals surface area contributed by atoms with Gasteiger partial charge in [0.25, 0.3) is 5.56 Å². The van der Waals surface area contributed by atoms with Crippen molar-refractivity contribution in [3.63, 3.8) is 0 Å². The van der Waals surface area contributed by atoms with Gasteiger partial charge in [0.2, 0.25) is 5.91 Å². The number of amides is 1. The first-order valence-corrected chi connectivity index (χ1v) is 7.54. The number of nitrogens with one attached hydrogen (secondary N) is 1. The third-order valence-electron chi connectivity index (χ3n) is 3.54. The van der Waals surface area contributed by atoms with Gasteiger partial charge in [0.1, 0.15) is 12.2 Å². The Morgan fingerprint density at radius 1 is 1.20 bits per heavy atom. The van der Waals surface area contributed by atoms with Crippen molar-refractivity contribution in [2.24, 2.45) is 0 Å². The molecule has 1 N–H and O–H groups in total. The lowest BCUT2D eigenvalue weighted by atomic mass is 10.1. The Kier molecular flexibility index (Phi) is 4.56. The van der Waals surface area contributed by atoms with E-state index in [2.05, 4.69) is 10.3 Å². The maximum atomic E-state index is 12.1. The van der Waals surface area contributed by atoms with Crippen molar-refractivity contribution in [1.29, 1.82) is 0 Å². The van der Waals surface area contributed by atoms with Crippen LogP contribution in [0.25, 0.3) is 11.5 Å². The minimum atomic E-state index is -0.370. The zero-order valence-electron chi connectivity index (χ0n) is 13.4. The average Bonchev–Trinajstić information content (AvgIpc) is 3.11.